The molecule has 0 saturated heterocycles. The van der Waals surface area contributed by atoms with E-state index in [-0.39, 0.29) is 13.3 Å². The van der Waals surface area contributed by atoms with Gasteiger partial charge in [-0.2, -0.15) is 0 Å². The molecule has 0 atom stereocenters. The van der Waals surface area contributed by atoms with Crippen LogP contribution in [0.5, 0.6) is 0 Å². The number of unbranched alkanes of at least 4 members (excludes halogenated alkanes) is 18. The van der Waals surface area contributed by atoms with Gasteiger partial charge in [-0.05, 0) is 25.9 Å². The van der Waals surface area contributed by atoms with E-state index in [1.165, 1.54) is 142 Å². The van der Waals surface area contributed by atoms with Crippen molar-refractivity contribution >= 4 is 0 Å². The van der Waals surface area contributed by atoms with Gasteiger partial charge in [0.15, 0.2) is 0 Å². The van der Waals surface area contributed by atoms with Gasteiger partial charge in [0, 0.05) is 6.54 Å². The zero-order valence-electron chi connectivity index (χ0n) is 21.6. The summed E-state index contributed by atoms with van der Waals surface area (Å²) in [6.45, 7) is 8.48. The lowest BCUT2D eigenvalue weighted by Gasteiger charge is -2.22. The summed E-state index contributed by atoms with van der Waals surface area (Å²) in [5.41, 5.74) is 0. The maximum absolute atomic E-state index is 12.3. The van der Waals surface area contributed by atoms with Crippen LogP contribution in [0.3, 0.4) is 0 Å². The van der Waals surface area contributed by atoms with Crippen LogP contribution in [0, 0.1) is 0 Å². The van der Waals surface area contributed by atoms with Gasteiger partial charge in [0.25, 0.3) is 0 Å². The van der Waals surface area contributed by atoms with Crippen LogP contribution in [-0.4, -0.2) is 44.4 Å². The Morgan fingerprint density at radius 3 is 1.16 bits per heavy atom. The molecule has 0 aromatic rings. The Hall–Kier alpha value is -0.150. The van der Waals surface area contributed by atoms with E-state index in [1.54, 1.807) is 0 Å². The molecule has 0 unspecified atom stereocenters. The van der Waals surface area contributed by atoms with Gasteiger partial charge in [-0.1, -0.05) is 129 Å². The minimum atomic E-state index is -0.364. The molecule has 0 N–H and O–H groups in total. The van der Waals surface area contributed by atoms with Crippen LogP contribution in [0.4, 0.5) is 4.39 Å². The molecule has 0 amide bonds. The molecule has 0 saturated carbocycles. The predicted molar refractivity (Wildman–Crippen MR) is 137 cm³/mol. The normalized spacial score (nSPS) is 11.6. The first-order valence-corrected chi connectivity index (χ1v) is 14.2. The topological polar surface area (TPSA) is 12.5 Å². The lowest BCUT2D eigenvalue weighted by Crippen LogP contribution is -2.30. The lowest BCUT2D eigenvalue weighted by molar-refractivity contribution is 0.0918. The van der Waals surface area contributed by atoms with Crippen LogP contribution in [0.15, 0.2) is 0 Å². The van der Waals surface area contributed by atoms with Crippen molar-refractivity contribution in [1.29, 1.82) is 0 Å². The molecule has 0 radical (unpaired) electrons. The maximum Gasteiger partial charge on any atom is 0.113 e. The van der Waals surface area contributed by atoms with Gasteiger partial charge in [-0.15, -0.1) is 0 Å². The van der Waals surface area contributed by atoms with Crippen LogP contribution in [0.1, 0.15) is 142 Å². The highest BCUT2D eigenvalue weighted by Crippen LogP contribution is 2.13. The first-order chi connectivity index (χ1) is 15.3. The van der Waals surface area contributed by atoms with Crippen LogP contribution < -0.4 is 0 Å². The molecule has 0 spiro atoms. The average Bonchev–Trinajstić information content (AvgIpc) is 2.78. The first-order valence-electron chi connectivity index (χ1n) is 14.2. The fourth-order valence-corrected chi connectivity index (χ4v) is 4.33. The van der Waals surface area contributed by atoms with Gasteiger partial charge >= 0.3 is 0 Å². The molecule has 0 heterocycles. The summed E-state index contributed by atoms with van der Waals surface area (Å²) < 4.78 is 17.6. The molecule has 31 heavy (non-hydrogen) atoms. The highest BCUT2D eigenvalue weighted by molar-refractivity contribution is 4.60. The molecule has 2 nitrogen and oxygen atoms in total. The predicted octanol–water partition coefficient (Wildman–Crippen LogP) is 9.12. The van der Waals surface area contributed by atoms with Crippen molar-refractivity contribution in [3.63, 3.8) is 0 Å². The van der Waals surface area contributed by atoms with Gasteiger partial charge in [0.05, 0.1) is 13.2 Å². The Morgan fingerprint density at radius 2 is 0.806 bits per heavy atom. The Morgan fingerprint density at radius 1 is 0.452 bits per heavy atom. The highest BCUT2D eigenvalue weighted by atomic mass is 19.1. The van der Waals surface area contributed by atoms with Crippen LogP contribution in [-0.2, 0) is 4.74 Å². The summed E-state index contributed by atoms with van der Waals surface area (Å²) in [5.74, 6) is 0. The second kappa shape index (κ2) is 27.9. The summed E-state index contributed by atoms with van der Waals surface area (Å²) >= 11 is 0. The zero-order chi connectivity index (χ0) is 22.7. The number of alkyl halides is 1. The van der Waals surface area contributed by atoms with Crippen molar-refractivity contribution in [2.75, 3.05) is 39.5 Å². The van der Waals surface area contributed by atoms with E-state index in [4.69, 9.17) is 4.74 Å². The third-order valence-electron chi connectivity index (χ3n) is 6.43. The minimum absolute atomic E-state index is 0.254. The van der Waals surface area contributed by atoms with E-state index >= 15 is 0 Å². The number of nitrogens with zero attached hydrogens (tertiary/aromatic N) is 1. The molecule has 188 valence electrons. The van der Waals surface area contributed by atoms with Gasteiger partial charge < -0.3 is 9.64 Å². The van der Waals surface area contributed by atoms with E-state index in [9.17, 15) is 4.39 Å². The average molecular weight is 444 g/mol. The Balaban J connectivity index is 3.68. The van der Waals surface area contributed by atoms with Crippen LogP contribution in [0.25, 0.3) is 0 Å². The smallest absolute Gasteiger partial charge is 0.113 e. The van der Waals surface area contributed by atoms with Crippen molar-refractivity contribution in [3.8, 4) is 0 Å². The molecule has 0 aliphatic carbocycles. The van der Waals surface area contributed by atoms with Crippen molar-refractivity contribution in [2.24, 2.45) is 0 Å². The molecule has 0 aromatic carbocycles. The number of hydrogen-bond acceptors (Lipinski definition) is 2. The monoisotopic (exact) mass is 443 g/mol. The fraction of sp³-hybridized carbons (Fsp3) is 1.00. The lowest BCUT2D eigenvalue weighted by atomic mass is 10.1. The zero-order valence-corrected chi connectivity index (χ0v) is 21.6. The van der Waals surface area contributed by atoms with Crippen LogP contribution in [0.2, 0.25) is 0 Å². The third-order valence-corrected chi connectivity index (χ3v) is 6.43. The third kappa shape index (κ3) is 26.0. The Bertz CT molecular complexity index is 289. The Labute approximate surface area is 196 Å². The summed E-state index contributed by atoms with van der Waals surface area (Å²) in [6, 6.07) is 0. The van der Waals surface area contributed by atoms with E-state index in [2.05, 4.69) is 18.7 Å². The second-order valence-corrected chi connectivity index (χ2v) is 9.51. The molecular formula is C28H58FNO. The molecule has 0 fully saturated rings. The second-order valence-electron chi connectivity index (χ2n) is 9.51. The number of ether oxygens (including phenoxy) is 1. The SMILES string of the molecule is CCCCCCCCCCCCN(CCCCCCCCCCCC)CCOCCF. The van der Waals surface area contributed by atoms with Crippen molar-refractivity contribution in [2.45, 2.75) is 142 Å². The molecular weight excluding hydrogens is 385 g/mol. The maximum atomic E-state index is 12.3. The number of halogens is 1. The van der Waals surface area contributed by atoms with Crippen molar-refractivity contribution < 1.29 is 9.13 Å². The van der Waals surface area contributed by atoms with E-state index in [0.29, 0.717) is 6.61 Å². The van der Waals surface area contributed by atoms with Crippen LogP contribution >= 0.6 is 0 Å². The van der Waals surface area contributed by atoms with Gasteiger partial charge in [-0.25, -0.2) is 4.39 Å². The van der Waals surface area contributed by atoms with Gasteiger partial charge in [0.2, 0.25) is 0 Å². The summed E-state index contributed by atoms with van der Waals surface area (Å²) in [7, 11) is 0. The highest BCUT2D eigenvalue weighted by Gasteiger charge is 2.05. The number of rotatable bonds is 27. The van der Waals surface area contributed by atoms with E-state index < -0.39 is 0 Å². The molecule has 3 heteroatoms. The standard InChI is InChI=1S/C28H58FNO/c1-3-5-7-9-11-13-15-17-19-21-24-30(26-28-31-27-23-29)25-22-20-18-16-14-12-10-8-6-4-2/h3-28H2,1-2H3. The quantitative estimate of drug-likeness (QED) is 0.117. The largest absolute Gasteiger partial charge is 0.377 e. The summed E-state index contributed by atoms with van der Waals surface area (Å²) in [6.07, 6.45) is 27.8. The van der Waals surface area contributed by atoms with Gasteiger partial charge in [-0.3, -0.25) is 0 Å². The molecule has 0 aromatic heterocycles. The van der Waals surface area contributed by atoms with Crippen molar-refractivity contribution in [3.05, 3.63) is 0 Å². The fourth-order valence-electron chi connectivity index (χ4n) is 4.33. The first kappa shape index (κ1) is 30.9. The number of hydrogen-bond donors (Lipinski definition) is 0. The molecule has 0 bridgehead atoms. The van der Waals surface area contributed by atoms with Gasteiger partial charge in [0.1, 0.15) is 6.67 Å². The minimum Gasteiger partial charge on any atom is -0.377 e. The van der Waals surface area contributed by atoms with Crippen molar-refractivity contribution in [1.82, 2.24) is 4.90 Å². The summed E-state index contributed by atoms with van der Waals surface area (Å²) in [4.78, 5) is 2.56. The van der Waals surface area contributed by atoms with E-state index in [0.717, 1.165) is 6.54 Å². The molecule has 0 aliphatic heterocycles. The molecule has 0 aliphatic rings. The molecule has 0 rings (SSSR count). The van der Waals surface area contributed by atoms with E-state index in [1.807, 2.05) is 0 Å². The summed E-state index contributed by atoms with van der Waals surface area (Å²) in [5, 5.41) is 0. The Kier molecular flexibility index (Phi) is 27.7.